The van der Waals surface area contributed by atoms with Crippen molar-refractivity contribution in [3.8, 4) is 17.2 Å². The number of hydrogen-bond acceptors (Lipinski definition) is 5. The lowest BCUT2D eigenvalue weighted by Crippen LogP contribution is -2.37. The van der Waals surface area contributed by atoms with Gasteiger partial charge in [-0.3, -0.25) is 4.79 Å². The number of aromatic nitrogens is 1. The summed E-state index contributed by atoms with van der Waals surface area (Å²) in [6, 6.07) is 11.4. The Bertz CT molecular complexity index is 1190. The number of nitrogens with zero attached hydrogens (tertiary/aromatic N) is 1. The van der Waals surface area contributed by atoms with E-state index < -0.39 is 6.10 Å². The van der Waals surface area contributed by atoms with Crippen molar-refractivity contribution in [2.24, 2.45) is 0 Å². The van der Waals surface area contributed by atoms with Gasteiger partial charge < -0.3 is 14.5 Å². The summed E-state index contributed by atoms with van der Waals surface area (Å²) in [5, 5.41) is 3.83. The molecule has 4 rings (SSSR count). The molecule has 5 nitrogen and oxygen atoms in total. The van der Waals surface area contributed by atoms with E-state index in [1.807, 2.05) is 58.0 Å². The fourth-order valence-electron chi connectivity index (χ4n) is 3.36. The van der Waals surface area contributed by atoms with Crippen molar-refractivity contribution in [1.82, 2.24) is 10.3 Å². The SMILES string of the molecule is Cc1cc2c(cc1Cl)C(=O)/C(=C\NC(C)(C)C)C(Cc1cnc(-c3ccc(I)cc3)o1)O2. The number of halogens is 2. The van der Waals surface area contributed by atoms with Gasteiger partial charge in [0, 0.05) is 32.3 Å². The first-order valence-electron chi connectivity index (χ1n) is 10.3. The number of nitrogens with one attached hydrogen (secondary N) is 1. The zero-order chi connectivity index (χ0) is 23.0. The lowest BCUT2D eigenvalue weighted by molar-refractivity contribution is 0.0956. The minimum absolute atomic E-state index is 0.104. The molecule has 0 aliphatic carbocycles. The third-order valence-corrected chi connectivity index (χ3v) is 6.20. The number of carbonyl (C=O) groups excluding carboxylic acids is 1. The van der Waals surface area contributed by atoms with Crippen LogP contribution in [0, 0.1) is 10.5 Å². The van der Waals surface area contributed by atoms with Crippen LogP contribution in [0.4, 0.5) is 0 Å². The summed E-state index contributed by atoms with van der Waals surface area (Å²) in [5.74, 6) is 1.62. The number of ketones is 1. The van der Waals surface area contributed by atoms with Crippen LogP contribution in [0.15, 0.2) is 58.8 Å². The molecule has 1 N–H and O–H groups in total. The Labute approximate surface area is 206 Å². The Hall–Kier alpha value is -2.32. The lowest BCUT2D eigenvalue weighted by atomic mass is 9.92. The molecule has 0 bridgehead atoms. The number of oxazole rings is 1. The normalized spacial score (nSPS) is 17.2. The van der Waals surface area contributed by atoms with Crippen molar-refractivity contribution in [3.05, 3.63) is 79.8 Å². The van der Waals surface area contributed by atoms with Gasteiger partial charge in [0.1, 0.15) is 17.6 Å². The van der Waals surface area contributed by atoms with Crippen LogP contribution in [-0.2, 0) is 6.42 Å². The van der Waals surface area contributed by atoms with Crippen LogP contribution in [0.1, 0.15) is 42.5 Å². The second kappa shape index (κ2) is 8.90. The van der Waals surface area contributed by atoms with Crippen molar-refractivity contribution in [1.29, 1.82) is 0 Å². The number of aryl methyl sites for hydroxylation is 1. The molecule has 0 saturated carbocycles. The molecule has 166 valence electrons. The molecule has 1 aliphatic heterocycles. The van der Waals surface area contributed by atoms with E-state index in [1.165, 1.54) is 0 Å². The lowest BCUT2D eigenvalue weighted by Gasteiger charge is -2.29. The van der Waals surface area contributed by atoms with Crippen LogP contribution in [0.25, 0.3) is 11.5 Å². The van der Waals surface area contributed by atoms with Gasteiger partial charge in [0.25, 0.3) is 0 Å². The highest BCUT2D eigenvalue weighted by Crippen LogP contribution is 2.36. The summed E-state index contributed by atoms with van der Waals surface area (Å²) >= 11 is 8.54. The van der Waals surface area contributed by atoms with Crippen LogP contribution in [0.2, 0.25) is 5.02 Å². The molecule has 1 aromatic heterocycles. The molecule has 0 fully saturated rings. The van der Waals surface area contributed by atoms with E-state index in [-0.39, 0.29) is 11.3 Å². The summed E-state index contributed by atoms with van der Waals surface area (Å²) in [4.78, 5) is 17.8. The molecule has 1 aliphatic rings. The van der Waals surface area contributed by atoms with E-state index in [0.717, 1.165) is 14.7 Å². The number of ether oxygens (including phenoxy) is 1. The van der Waals surface area contributed by atoms with Crippen LogP contribution in [0.3, 0.4) is 0 Å². The zero-order valence-electron chi connectivity index (χ0n) is 18.3. The first-order valence-corrected chi connectivity index (χ1v) is 11.8. The molecular weight excluding hydrogens is 539 g/mol. The second-order valence-electron chi connectivity index (χ2n) is 8.87. The first-order chi connectivity index (χ1) is 15.1. The Kier molecular flexibility index (Phi) is 6.36. The van der Waals surface area contributed by atoms with Crippen LogP contribution < -0.4 is 10.1 Å². The zero-order valence-corrected chi connectivity index (χ0v) is 21.2. The summed E-state index contributed by atoms with van der Waals surface area (Å²) in [5.41, 5.74) is 2.55. The minimum Gasteiger partial charge on any atom is -0.484 e. The highest BCUT2D eigenvalue weighted by molar-refractivity contribution is 14.1. The smallest absolute Gasteiger partial charge is 0.226 e. The molecule has 32 heavy (non-hydrogen) atoms. The highest BCUT2D eigenvalue weighted by Gasteiger charge is 2.34. The number of benzene rings is 2. The third-order valence-electron chi connectivity index (χ3n) is 5.08. The maximum Gasteiger partial charge on any atom is 0.226 e. The summed E-state index contributed by atoms with van der Waals surface area (Å²) < 4.78 is 13.4. The monoisotopic (exact) mass is 562 g/mol. The van der Waals surface area contributed by atoms with Gasteiger partial charge in [-0.15, -0.1) is 0 Å². The van der Waals surface area contributed by atoms with Crippen LogP contribution >= 0.6 is 34.2 Å². The molecule has 0 amide bonds. The Balaban J connectivity index is 1.66. The minimum atomic E-state index is -0.511. The fraction of sp³-hybridized carbons (Fsp3) is 0.280. The van der Waals surface area contributed by atoms with Crippen molar-refractivity contribution >= 4 is 40.0 Å². The van der Waals surface area contributed by atoms with Gasteiger partial charge in [-0.25, -0.2) is 4.98 Å². The average molecular weight is 563 g/mol. The molecule has 2 aromatic carbocycles. The van der Waals surface area contributed by atoms with Crippen molar-refractivity contribution in [2.45, 2.75) is 45.8 Å². The Morgan fingerprint density at radius 1 is 1.22 bits per heavy atom. The van der Waals surface area contributed by atoms with Gasteiger partial charge in [-0.05, 0) is 92.2 Å². The number of hydrogen-bond donors (Lipinski definition) is 1. The topological polar surface area (TPSA) is 64.4 Å². The molecule has 7 heteroatoms. The Morgan fingerprint density at radius 3 is 2.62 bits per heavy atom. The van der Waals surface area contributed by atoms with Gasteiger partial charge in [0.2, 0.25) is 5.89 Å². The number of Topliss-reactive ketones (excluding diaryl/α,β-unsaturated/α-hetero) is 1. The fourth-order valence-corrected chi connectivity index (χ4v) is 3.89. The molecule has 0 radical (unpaired) electrons. The van der Waals surface area contributed by atoms with Crippen molar-refractivity contribution < 1.29 is 13.9 Å². The van der Waals surface area contributed by atoms with E-state index in [9.17, 15) is 4.79 Å². The molecule has 0 spiro atoms. The predicted octanol–water partition coefficient (Wildman–Crippen LogP) is 6.37. The average Bonchev–Trinajstić information content (AvgIpc) is 3.18. The van der Waals surface area contributed by atoms with Crippen LogP contribution in [-0.4, -0.2) is 22.4 Å². The van der Waals surface area contributed by atoms with E-state index in [2.05, 4.69) is 32.9 Å². The standard InChI is InChI=1S/C25H24ClIN2O3/c1-14-9-21-18(11-20(14)26)23(30)19(13-29-25(2,3)4)22(32-21)10-17-12-28-24(31-17)15-5-7-16(27)8-6-15/h5-9,11-13,22,29H,10H2,1-4H3/b19-13-. The third kappa shape index (κ3) is 5.02. The number of carbonyl (C=O) groups is 1. The largest absolute Gasteiger partial charge is 0.484 e. The predicted molar refractivity (Wildman–Crippen MR) is 134 cm³/mol. The number of rotatable bonds is 4. The van der Waals surface area contributed by atoms with E-state index in [4.69, 9.17) is 20.8 Å². The molecular formula is C25H24ClIN2O3. The summed E-state index contributed by atoms with van der Waals surface area (Å²) in [6.45, 7) is 7.99. The van der Waals surface area contributed by atoms with Gasteiger partial charge in [-0.2, -0.15) is 0 Å². The maximum absolute atomic E-state index is 13.4. The molecule has 1 unspecified atom stereocenters. The highest BCUT2D eigenvalue weighted by atomic mass is 127. The van der Waals surface area contributed by atoms with E-state index in [0.29, 0.717) is 40.0 Å². The van der Waals surface area contributed by atoms with Gasteiger partial charge in [-0.1, -0.05) is 11.6 Å². The van der Waals surface area contributed by atoms with E-state index in [1.54, 1.807) is 18.5 Å². The number of fused-ring (bicyclic) bond motifs is 1. The van der Waals surface area contributed by atoms with Gasteiger partial charge in [0.05, 0.1) is 17.3 Å². The maximum atomic E-state index is 13.4. The molecule has 2 heterocycles. The summed E-state index contributed by atoms with van der Waals surface area (Å²) in [6.07, 6.45) is 3.31. The molecule has 3 aromatic rings. The second-order valence-corrected chi connectivity index (χ2v) is 10.5. The molecule has 1 atom stereocenters. The Morgan fingerprint density at radius 2 is 1.94 bits per heavy atom. The van der Waals surface area contributed by atoms with Gasteiger partial charge in [0.15, 0.2) is 5.78 Å². The van der Waals surface area contributed by atoms with E-state index >= 15 is 0 Å². The van der Waals surface area contributed by atoms with Crippen molar-refractivity contribution in [2.75, 3.05) is 0 Å². The first kappa shape index (κ1) is 22.9. The van der Waals surface area contributed by atoms with Crippen molar-refractivity contribution in [3.63, 3.8) is 0 Å². The van der Waals surface area contributed by atoms with Gasteiger partial charge >= 0.3 is 0 Å². The molecule has 0 saturated heterocycles. The van der Waals surface area contributed by atoms with Crippen LogP contribution in [0.5, 0.6) is 5.75 Å². The quantitative estimate of drug-likeness (QED) is 0.296. The summed E-state index contributed by atoms with van der Waals surface area (Å²) in [7, 11) is 0.